The lowest BCUT2D eigenvalue weighted by atomic mass is 10.3. The van der Waals surface area contributed by atoms with Gasteiger partial charge >= 0.3 is 0 Å². The highest BCUT2D eigenvalue weighted by atomic mass is 16.3. The van der Waals surface area contributed by atoms with Gasteiger partial charge in [-0.2, -0.15) is 0 Å². The summed E-state index contributed by atoms with van der Waals surface area (Å²) in [5.41, 5.74) is 1.19. The topological polar surface area (TPSA) is 90.5 Å². The molecule has 0 heterocycles. The van der Waals surface area contributed by atoms with Crippen LogP contribution >= 0.6 is 0 Å². The first-order valence-corrected chi connectivity index (χ1v) is 3.07. The third-order valence-electron chi connectivity index (χ3n) is 0.831. The minimum Gasteiger partial charge on any atom is -0.377 e. The molecule has 0 saturated heterocycles. The Labute approximate surface area is 60.2 Å². The Morgan fingerprint density at radius 1 is 1.60 bits per heavy atom. The first-order chi connectivity index (χ1) is 4.45. The predicted octanol–water partition coefficient (Wildman–Crippen LogP) is -1.91. The van der Waals surface area contributed by atoms with Crippen LogP contribution in [0.25, 0.3) is 0 Å². The number of hydrogen-bond acceptors (Lipinski definition) is 5. The van der Waals surface area contributed by atoms with Crippen LogP contribution < -0.4 is 16.6 Å². The van der Waals surface area contributed by atoms with E-state index in [0.717, 1.165) is 0 Å². The number of hydrazine groups is 1. The average molecular weight is 149 g/mol. The Kier molecular flexibility index (Phi) is 3.77. The van der Waals surface area contributed by atoms with Crippen LogP contribution in [0.2, 0.25) is 0 Å². The SMILES string of the molecule is CC(C)(O)NC(O)CNN. The van der Waals surface area contributed by atoms with Gasteiger partial charge in [0.25, 0.3) is 0 Å². The number of aliphatic hydroxyl groups excluding tert-OH is 1. The second-order valence-corrected chi connectivity index (χ2v) is 2.63. The van der Waals surface area contributed by atoms with Crippen molar-refractivity contribution < 1.29 is 10.2 Å². The molecule has 0 radical (unpaired) electrons. The van der Waals surface area contributed by atoms with Crippen LogP contribution in [0.3, 0.4) is 0 Å². The molecule has 0 bridgehead atoms. The second-order valence-electron chi connectivity index (χ2n) is 2.63. The highest BCUT2D eigenvalue weighted by Gasteiger charge is 2.15. The first kappa shape index (κ1) is 9.80. The van der Waals surface area contributed by atoms with Gasteiger partial charge in [0.05, 0.1) is 0 Å². The van der Waals surface area contributed by atoms with Gasteiger partial charge in [0, 0.05) is 6.54 Å². The van der Waals surface area contributed by atoms with Gasteiger partial charge < -0.3 is 10.2 Å². The fourth-order valence-electron chi connectivity index (χ4n) is 0.570. The van der Waals surface area contributed by atoms with E-state index in [1.807, 2.05) is 0 Å². The van der Waals surface area contributed by atoms with Crippen molar-refractivity contribution in [2.24, 2.45) is 5.84 Å². The molecule has 5 heteroatoms. The van der Waals surface area contributed by atoms with Gasteiger partial charge in [-0.25, -0.2) is 0 Å². The fourth-order valence-corrected chi connectivity index (χ4v) is 0.570. The summed E-state index contributed by atoms with van der Waals surface area (Å²) >= 11 is 0. The maximum absolute atomic E-state index is 9.07. The smallest absolute Gasteiger partial charge is 0.121 e. The van der Waals surface area contributed by atoms with Crippen molar-refractivity contribution in [3.8, 4) is 0 Å². The van der Waals surface area contributed by atoms with Crippen LogP contribution in [0.15, 0.2) is 0 Å². The summed E-state index contributed by atoms with van der Waals surface area (Å²) in [6.45, 7) is 3.27. The van der Waals surface area contributed by atoms with Gasteiger partial charge in [0.15, 0.2) is 0 Å². The summed E-state index contributed by atoms with van der Waals surface area (Å²) in [6, 6.07) is 0. The zero-order valence-electron chi connectivity index (χ0n) is 6.26. The van der Waals surface area contributed by atoms with Crippen LogP contribution in [-0.2, 0) is 0 Å². The molecule has 10 heavy (non-hydrogen) atoms. The Morgan fingerprint density at radius 2 is 2.10 bits per heavy atom. The zero-order chi connectivity index (χ0) is 8.20. The molecule has 0 saturated carbocycles. The predicted molar refractivity (Wildman–Crippen MR) is 37.6 cm³/mol. The molecule has 1 atom stereocenters. The summed E-state index contributed by atoms with van der Waals surface area (Å²) in [5.74, 6) is 4.92. The molecule has 0 rings (SSSR count). The van der Waals surface area contributed by atoms with Crippen LogP contribution in [-0.4, -0.2) is 28.7 Å². The van der Waals surface area contributed by atoms with Crippen molar-refractivity contribution in [2.45, 2.75) is 25.8 Å². The maximum atomic E-state index is 9.07. The number of rotatable bonds is 4. The van der Waals surface area contributed by atoms with Crippen molar-refractivity contribution in [1.82, 2.24) is 10.7 Å². The Bertz CT molecular complexity index is 91.4. The molecule has 0 amide bonds. The minimum atomic E-state index is -1.07. The normalized spacial score (nSPS) is 15.3. The molecule has 0 aromatic carbocycles. The molecule has 0 aromatic rings. The largest absolute Gasteiger partial charge is 0.377 e. The standard InChI is InChI=1S/C5H15N3O2/c1-5(2,10)8-4(9)3-7-6/h4,7-10H,3,6H2,1-2H3. The van der Waals surface area contributed by atoms with Crippen LogP contribution in [0.1, 0.15) is 13.8 Å². The van der Waals surface area contributed by atoms with E-state index in [1.54, 1.807) is 0 Å². The number of nitrogens with two attached hydrogens (primary N) is 1. The molecule has 0 aromatic heterocycles. The van der Waals surface area contributed by atoms with Gasteiger partial charge in [0.2, 0.25) is 0 Å². The number of hydrogen-bond donors (Lipinski definition) is 5. The third kappa shape index (κ3) is 5.93. The molecular weight excluding hydrogens is 134 g/mol. The molecule has 0 fully saturated rings. The first-order valence-electron chi connectivity index (χ1n) is 3.07. The summed E-state index contributed by atoms with van der Waals surface area (Å²) in [4.78, 5) is 0. The molecule has 6 N–H and O–H groups in total. The van der Waals surface area contributed by atoms with E-state index in [2.05, 4.69) is 10.7 Å². The van der Waals surface area contributed by atoms with Crippen LogP contribution in [0.4, 0.5) is 0 Å². The van der Waals surface area contributed by atoms with Crippen molar-refractivity contribution in [1.29, 1.82) is 0 Å². The highest BCUT2D eigenvalue weighted by Crippen LogP contribution is 1.94. The third-order valence-corrected chi connectivity index (χ3v) is 0.831. The summed E-state index contributed by atoms with van der Waals surface area (Å²) < 4.78 is 0. The molecule has 0 aliphatic rings. The number of nitrogens with one attached hydrogen (secondary N) is 2. The van der Waals surface area contributed by atoms with Gasteiger partial charge in [-0.1, -0.05) is 0 Å². The maximum Gasteiger partial charge on any atom is 0.121 e. The average Bonchev–Trinajstić information content (AvgIpc) is 1.59. The fraction of sp³-hybridized carbons (Fsp3) is 1.00. The molecule has 0 spiro atoms. The van der Waals surface area contributed by atoms with Gasteiger partial charge in [0.1, 0.15) is 12.0 Å². The minimum absolute atomic E-state index is 0.198. The lowest BCUT2D eigenvalue weighted by Crippen LogP contribution is -2.50. The summed E-state index contributed by atoms with van der Waals surface area (Å²) in [7, 11) is 0. The van der Waals surface area contributed by atoms with E-state index in [9.17, 15) is 0 Å². The van der Waals surface area contributed by atoms with Crippen molar-refractivity contribution in [3.63, 3.8) is 0 Å². The van der Waals surface area contributed by atoms with Gasteiger partial charge in [-0.3, -0.25) is 16.6 Å². The highest BCUT2D eigenvalue weighted by molar-refractivity contribution is 4.65. The molecule has 0 aliphatic carbocycles. The van der Waals surface area contributed by atoms with Crippen molar-refractivity contribution >= 4 is 0 Å². The molecule has 62 valence electrons. The lowest BCUT2D eigenvalue weighted by Gasteiger charge is -2.23. The van der Waals surface area contributed by atoms with Crippen molar-refractivity contribution in [3.05, 3.63) is 0 Å². The molecule has 5 nitrogen and oxygen atoms in total. The molecule has 0 aliphatic heterocycles. The molecule has 1 unspecified atom stereocenters. The van der Waals surface area contributed by atoms with E-state index in [4.69, 9.17) is 16.1 Å². The monoisotopic (exact) mass is 149 g/mol. The summed E-state index contributed by atoms with van der Waals surface area (Å²) in [6.07, 6.45) is -0.829. The van der Waals surface area contributed by atoms with E-state index in [-0.39, 0.29) is 6.54 Å². The Balaban J connectivity index is 3.47. The van der Waals surface area contributed by atoms with Crippen LogP contribution in [0.5, 0.6) is 0 Å². The zero-order valence-corrected chi connectivity index (χ0v) is 6.26. The van der Waals surface area contributed by atoms with E-state index < -0.39 is 12.0 Å². The van der Waals surface area contributed by atoms with Gasteiger partial charge in [-0.15, -0.1) is 0 Å². The van der Waals surface area contributed by atoms with Crippen LogP contribution in [0, 0.1) is 0 Å². The van der Waals surface area contributed by atoms with E-state index in [0.29, 0.717) is 0 Å². The summed E-state index contributed by atoms with van der Waals surface area (Å²) in [5, 5.41) is 20.5. The lowest BCUT2D eigenvalue weighted by molar-refractivity contribution is -0.0182. The van der Waals surface area contributed by atoms with Crippen molar-refractivity contribution in [2.75, 3.05) is 6.54 Å². The molecular formula is C5H15N3O2. The Hall–Kier alpha value is -0.200. The Morgan fingerprint density at radius 3 is 2.40 bits per heavy atom. The quantitative estimate of drug-likeness (QED) is 0.183. The number of aliphatic hydroxyl groups is 2. The van der Waals surface area contributed by atoms with Gasteiger partial charge in [-0.05, 0) is 13.8 Å². The second kappa shape index (κ2) is 3.85. The van der Waals surface area contributed by atoms with E-state index in [1.165, 1.54) is 13.8 Å². The van der Waals surface area contributed by atoms with E-state index >= 15 is 0 Å².